The second kappa shape index (κ2) is 3.39. The van der Waals surface area contributed by atoms with Crippen LogP contribution in [0.5, 0.6) is 0 Å². The lowest BCUT2D eigenvalue weighted by molar-refractivity contribution is -0.406. The van der Waals surface area contributed by atoms with Crippen LogP contribution in [0.15, 0.2) is 36.4 Å². The average Bonchev–Trinajstić information content (AvgIpc) is 2.98. The van der Waals surface area contributed by atoms with E-state index in [1.807, 2.05) is 4.58 Å². The molecule has 86 valence electrons. The highest BCUT2D eigenvalue weighted by molar-refractivity contribution is 5.88. The molecule has 0 unspecified atom stereocenters. The van der Waals surface area contributed by atoms with Gasteiger partial charge in [0, 0.05) is 6.21 Å². The number of nitrogens with zero attached hydrogens (tertiary/aromatic N) is 1. The molecule has 0 bridgehead atoms. The Morgan fingerprint density at radius 3 is 2.83 bits per heavy atom. The molecule has 2 nitrogen and oxygen atoms in total. The Balaban J connectivity index is 1.92. The predicted molar refractivity (Wildman–Crippen MR) is 71.5 cm³/mol. The molecule has 0 saturated heterocycles. The van der Waals surface area contributed by atoms with Gasteiger partial charge in [0.1, 0.15) is 0 Å². The van der Waals surface area contributed by atoms with Crippen LogP contribution in [0.2, 0.25) is 0 Å². The highest BCUT2D eigenvalue weighted by atomic mass is 15.0. The molecule has 0 amide bonds. The van der Waals surface area contributed by atoms with E-state index in [-0.39, 0.29) is 0 Å². The molecule has 4 rings (SSSR count). The summed E-state index contributed by atoms with van der Waals surface area (Å²) >= 11 is 0. The third-order valence-electron chi connectivity index (χ3n) is 3.85. The molecule has 0 aromatic heterocycles. The summed E-state index contributed by atoms with van der Waals surface area (Å²) in [6.07, 6.45) is 5.59. The molecule has 2 aromatic carbocycles. The topological polar surface area (TPSA) is 26.9 Å². The van der Waals surface area contributed by atoms with Crippen LogP contribution in [0.1, 0.15) is 22.3 Å². The number of hydrogen-bond donors (Lipinski definition) is 1. The van der Waals surface area contributed by atoms with Crippen molar-refractivity contribution in [2.24, 2.45) is 0 Å². The van der Waals surface area contributed by atoms with Gasteiger partial charge < -0.3 is 4.58 Å². The van der Waals surface area contributed by atoms with E-state index in [1.165, 1.54) is 34.2 Å². The molecule has 1 aliphatic heterocycles. The number of nitrogens with one attached hydrogen (secondary N) is 1. The molecule has 0 spiro atoms. The fourth-order valence-corrected chi connectivity index (χ4v) is 3.00. The molecule has 1 aliphatic carbocycles. The molecule has 2 aliphatic rings. The van der Waals surface area contributed by atoms with Crippen molar-refractivity contribution in [1.82, 2.24) is 0 Å². The number of rotatable bonds is 1. The van der Waals surface area contributed by atoms with Gasteiger partial charge >= 0.3 is 0 Å². The van der Waals surface area contributed by atoms with Crippen LogP contribution in [0, 0.1) is 5.41 Å². The summed E-state index contributed by atoms with van der Waals surface area (Å²) in [5.74, 6) is 0. The molecule has 1 N–H and O–H groups in total. The van der Waals surface area contributed by atoms with Crippen LogP contribution >= 0.6 is 0 Å². The molecule has 0 fully saturated rings. The monoisotopic (exact) mass is 232 g/mol. The summed E-state index contributed by atoms with van der Waals surface area (Å²) in [6, 6.07) is 12.9. The van der Waals surface area contributed by atoms with Crippen LogP contribution in [-0.2, 0) is 13.0 Å². The van der Waals surface area contributed by atoms with Gasteiger partial charge in [-0.2, -0.15) is 5.41 Å². The molecular formula is C16H12N2. The van der Waals surface area contributed by atoms with Gasteiger partial charge in [0.2, 0.25) is 6.34 Å². The Bertz CT molecular complexity index is 711. The van der Waals surface area contributed by atoms with E-state index in [0.29, 0.717) is 0 Å². The Morgan fingerprint density at radius 1 is 1.06 bits per heavy atom. The minimum Gasteiger partial charge on any atom is -0.319 e. The first kappa shape index (κ1) is 9.77. The van der Waals surface area contributed by atoms with Crippen molar-refractivity contribution >= 4 is 12.6 Å². The van der Waals surface area contributed by atoms with Crippen molar-refractivity contribution < 1.29 is 4.58 Å². The molecule has 2 heteroatoms. The lowest BCUT2D eigenvalue weighted by atomic mass is 9.98. The number of benzene rings is 2. The summed E-state index contributed by atoms with van der Waals surface area (Å²) in [7, 11) is 0. The van der Waals surface area contributed by atoms with Gasteiger partial charge in [0.25, 0.3) is 0 Å². The Morgan fingerprint density at radius 2 is 1.94 bits per heavy atom. The maximum atomic E-state index is 7.34. The first-order valence-electron chi connectivity index (χ1n) is 6.14. The summed E-state index contributed by atoms with van der Waals surface area (Å²) in [5.41, 5.74) is 8.04. The standard InChI is InChI=1S/C16H12N2/c17-10-18-8-12-5-6-14-13-4-2-1-3-11(13)7-15(14)16(12)9-18/h1-6,10,17H,7,9H2. The van der Waals surface area contributed by atoms with Crippen molar-refractivity contribution in [2.75, 3.05) is 0 Å². The molecule has 0 radical (unpaired) electrons. The van der Waals surface area contributed by atoms with Gasteiger partial charge in [0.15, 0.2) is 0 Å². The smallest absolute Gasteiger partial charge is 0.206 e. The van der Waals surface area contributed by atoms with Crippen molar-refractivity contribution in [3.8, 4) is 11.1 Å². The fourth-order valence-electron chi connectivity index (χ4n) is 3.00. The van der Waals surface area contributed by atoms with Gasteiger partial charge in [-0.1, -0.05) is 41.5 Å². The number of hydrogen-bond acceptors (Lipinski definition) is 1. The average molecular weight is 232 g/mol. The summed E-state index contributed by atoms with van der Waals surface area (Å²) in [6.45, 7) is 0.788. The van der Waals surface area contributed by atoms with Gasteiger partial charge in [-0.15, -0.1) is 11.6 Å². The molecule has 18 heavy (non-hydrogen) atoms. The highest BCUT2D eigenvalue weighted by Crippen LogP contribution is 2.39. The van der Waals surface area contributed by atoms with E-state index in [0.717, 1.165) is 18.5 Å². The van der Waals surface area contributed by atoms with Crippen LogP contribution in [0.3, 0.4) is 0 Å². The van der Waals surface area contributed by atoms with E-state index >= 15 is 0 Å². The van der Waals surface area contributed by atoms with Crippen molar-refractivity contribution in [3.05, 3.63) is 58.7 Å². The maximum absolute atomic E-state index is 7.34. The van der Waals surface area contributed by atoms with Crippen LogP contribution < -0.4 is 0 Å². The third-order valence-corrected chi connectivity index (χ3v) is 3.85. The van der Waals surface area contributed by atoms with E-state index in [1.54, 1.807) is 0 Å². The quantitative estimate of drug-likeness (QED) is 0.289. The van der Waals surface area contributed by atoms with Crippen LogP contribution in [-0.4, -0.2) is 17.1 Å². The van der Waals surface area contributed by atoms with Crippen LogP contribution in [0.25, 0.3) is 11.1 Å². The Labute approximate surface area is 106 Å². The van der Waals surface area contributed by atoms with E-state index in [9.17, 15) is 0 Å². The Kier molecular flexibility index (Phi) is 1.84. The van der Waals surface area contributed by atoms with Crippen molar-refractivity contribution in [2.45, 2.75) is 13.0 Å². The van der Waals surface area contributed by atoms with E-state index in [4.69, 9.17) is 5.41 Å². The lowest BCUT2D eigenvalue weighted by Crippen LogP contribution is -2.03. The number of fused-ring (bicyclic) bond motifs is 5. The first-order chi connectivity index (χ1) is 8.86. The molecule has 1 heterocycles. The van der Waals surface area contributed by atoms with Gasteiger partial charge in [-0.25, -0.2) is 0 Å². The zero-order valence-corrected chi connectivity index (χ0v) is 9.90. The summed E-state index contributed by atoms with van der Waals surface area (Å²) in [5, 5.41) is 7.34. The van der Waals surface area contributed by atoms with Crippen molar-refractivity contribution in [3.63, 3.8) is 0 Å². The zero-order chi connectivity index (χ0) is 12.1. The highest BCUT2D eigenvalue weighted by Gasteiger charge is 2.21. The van der Waals surface area contributed by atoms with Crippen molar-refractivity contribution in [1.29, 1.82) is 5.41 Å². The minimum atomic E-state index is 0.788. The molecule has 0 atom stereocenters. The molecule has 0 saturated carbocycles. The predicted octanol–water partition coefficient (Wildman–Crippen LogP) is 2.69. The normalized spacial score (nSPS) is 14.8. The maximum Gasteiger partial charge on any atom is 0.206 e. The molecule has 2 aromatic rings. The SMILES string of the molecule is N=C[N+]1=[C-]c2ccc3c(c2C1)Cc1ccccc1-3. The second-order valence-corrected chi connectivity index (χ2v) is 4.82. The molecular weight excluding hydrogens is 220 g/mol. The zero-order valence-electron chi connectivity index (χ0n) is 9.90. The van der Waals surface area contributed by atoms with E-state index < -0.39 is 0 Å². The minimum absolute atomic E-state index is 0.788. The van der Waals surface area contributed by atoms with Gasteiger partial charge in [-0.05, 0) is 23.1 Å². The summed E-state index contributed by atoms with van der Waals surface area (Å²) in [4.78, 5) is 0. The Hall–Kier alpha value is -2.22. The first-order valence-corrected chi connectivity index (χ1v) is 6.14. The van der Waals surface area contributed by atoms with Gasteiger partial charge in [-0.3, -0.25) is 0 Å². The lowest BCUT2D eigenvalue weighted by Gasteiger charge is -2.10. The summed E-state index contributed by atoms with van der Waals surface area (Å²) < 4.78 is 1.81. The van der Waals surface area contributed by atoms with E-state index in [2.05, 4.69) is 42.6 Å². The largest absolute Gasteiger partial charge is 0.319 e. The third kappa shape index (κ3) is 1.17. The van der Waals surface area contributed by atoms with Crippen LogP contribution in [0.4, 0.5) is 0 Å². The fraction of sp³-hybridized carbons (Fsp3) is 0.125. The second-order valence-electron chi connectivity index (χ2n) is 4.82. The van der Waals surface area contributed by atoms with Gasteiger partial charge in [0.05, 0.1) is 6.54 Å².